The summed E-state index contributed by atoms with van der Waals surface area (Å²) in [5.41, 5.74) is 1.93. The first kappa shape index (κ1) is 23.3. The van der Waals surface area contributed by atoms with E-state index in [1.165, 1.54) is 23.2 Å². The van der Waals surface area contributed by atoms with E-state index < -0.39 is 15.9 Å². The van der Waals surface area contributed by atoms with E-state index in [-0.39, 0.29) is 49.1 Å². The van der Waals surface area contributed by atoms with Crippen molar-refractivity contribution in [2.75, 3.05) is 11.9 Å². The molecule has 0 fully saturated rings. The van der Waals surface area contributed by atoms with Gasteiger partial charge in [-0.1, -0.05) is 30.3 Å². The topological polar surface area (TPSA) is 108 Å². The molecule has 0 spiro atoms. The van der Waals surface area contributed by atoms with Crippen LogP contribution in [-0.4, -0.2) is 37.5 Å². The summed E-state index contributed by atoms with van der Waals surface area (Å²) < 4.78 is 39.3. The predicted molar refractivity (Wildman–Crippen MR) is 120 cm³/mol. The van der Waals surface area contributed by atoms with Crippen LogP contribution in [0.2, 0.25) is 0 Å². The van der Waals surface area contributed by atoms with Gasteiger partial charge in [-0.15, -0.1) is 6.58 Å². The van der Waals surface area contributed by atoms with Crippen LogP contribution < -0.4 is 10.0 Å². The molecule has 0 aliphatic carbocycles. The quantitative estimate of drug-likeness (QED) is 0.563. The highest BCUT2D eigenvalue weighted by molar-refractivity contribution is 7.88. The highest BCUT2D eigenvalue weighted by atomic mass is 32.2. The second kappa shape index (κ2) is 10.3. The highest BCUT2D eigenvalue weighted by Gasteiger charge is 2.24. The first-order chi connectivity index (χ1) is 15.3. The minimum atomic E-state index is -3.48. The fourth-order valence-electron chi connectivity index (χ4n) is 2.99. The van der Waals surface area contributed by atoms with Gasteiger partial charge < -0.3 is 5.32 Å². The van der Waals surface area contributed by atoms with Gasteiger partial charge in [0.25, 0.3) is 5.91 Å². The number of anilines is 1. The number of rotatable bonds is 9. The molecule has 1 heterocycles. The normalized spacial score (nSPS) is 14.1. The maximum Gasteiger partial charge on any atom is 0.271 e. The number of carbonyl (C=O) groups is 2. The summed E-state index contributed by atoms with van der Waals surface area (Å²) in [6, 6.07) is 12.1. The summed E-state index contributed by atoms with van der Waals surface area (Å²) in [5.74, 6) is -1.24. The van der Waals surface area contributed by atoms with E-state index in [0.29, 0.717) is 16.8 Å². The molecular weight excluding hydrogens is 435 g/mol. The van der Waals surface area contributed by atoms with E-state index in [1.54, 1.807) is 36.4 Å². The fourth-order valence-corrected chi connectivity index (χ4v) is 4.10. The Kier molecular flexibility index (Phi) is 7.49. The van der Waals surface area contributed by atoms with Gasteiger partial charge in [0.1, 0.15) is 11.5 Å². The summed E-state index contributed by atoms with van der Waals surface area (Å²) in [5, 5.41) is 8.08. The van der Waals surface area contributed by atoms with E-state index in [2.05, 4.69) is 21.7 Å². The Balaban J connectivity index is 1.63. The van der Waals surface area contributed by atoms with Gasteiger partial charge in [0.15, 0.2) is 0 Å². The molecule has 32 heavy (non-hydrogen) atoms. The van der Waals surface area contributed by atoms with Gasteiger partial charge in [0, 0.05) is 25.1 Å². The van der Waals surface area contributed by atoms with Crippen molar-refractivity contribution in [2.24, 2.45) is 5.10 Å². The largest absolute Gasteiger partial charge is 0.321 e. The molecule has 2 N–H and O–H groups in total. The molecule has 0 atom stereocenters. The zero-order valence-corrected chi connectivity index (χ0v) is 18.1. The van der Waals surface area contributed by atoms with Gasteiger partial charge in [0.05, 0.1) is 12.3 Å². The summed E-state index contributed by atoms with van der Waals surface area (Å²) in [6.45, 7) is 3.76. The number of benzene rings is 2. The molecule has 2 aromatic carbocycles. The lowest BCUT2D eigenvalue weighted by Gasteiger charge is -2.23. The van der Waals surface area contributed by atoms with Crippen LogP contribution in [-0.2, 0) is 31.9 Å². The predicted octanol–water partition coefficient (Wildman–Crippen LogP) is 2.55. The monoisotopic (exact) mass is 458 g/mol. The van der Waals surface area contributed by atoms with Crippen LogP contribution >= 0.6 is 0 Å². The molecule has 0 saturated carbocycles. The molecule has 1 aliphatic heterocycles. The summed E-state index contributed by atoms with van der Waals surface area (Å²) >= 11 is 0. The number of halogens is 1. The van der Waals surface area contributed by atoms with Crippen molar-refractivity contribution in [2.45, 2.75) is 25.1 Å². The van der Waals surface area contributed by atoms with E-state index in [0.717, 1.165) is 0 Å². The highest BCUT2D eigenvalue weighted by Crippen LogP contribution is 2.16. The zero-order chi connectivity index (χ0) is 23.1. The van der Waals surface area contributed by atoms with E-state index >= 15 is 0 Å². The molecule has 8 nitrogen and oxygen atoms in total. The Labute approximate surface area is 185 Å². The number of hydrazone groups is 1. The minimum absolute atomic E-state index is 0.138. The van der Waals surface area contributed by atoms with E-state index in [1.807, 2.05) is 0 Å². The molecule has 10 heteroatoms. The van der Waals surface area contributed by atoms with Crippen LogP contribution in [0.4, 0.5) is 10.1 Å². The lowest BCUT2D eigenvalue weighted by Crippen LogP contribution is -2.36. The number of hydrogen-bond acceptors (Lipinski definition) is 5. The Morgan fingerprint density at radius 3 is 2.41 bits per heavy atom. The molecule has 0 aromatic heterocycles. The number of carbonyl (C=O) groups excluding carboxylic acids is 2. The summed E-state index contributed by atoms with van der Waals surface area (Å²) in [6.07, 6.45) is 1.80. The second-order valence-corrected chi connectivity index (χ2v) is 8.98. The first-order valence-electron chi connectivity index (χ1n) is 9.86. The maximum absolute atomic E-state index is 13.1. The van der Waals surface area contributed by atoms with Crippen molar-refractivity contribution in [1.29, 1.82) is 0 Å². The lowest BCUT2D eigenvalue weighted by atomic mass is 10.1. The molecule has 2 amide bonds. The third-order valence-electron chi connectivity index (χ3n) is 4.63. The molecule has 0 bridgehead atoms. The lowest BCUT2D eigenvalue weighted by molar-refractivity contribution is -0.132. The third kappa shape index (κ3) is 6.56. The molecule has 2 aromatic rings. The van der Waals surface area contributed by atoms with Crippen molar-refractivity contribution < 1.29 is 22.4 Å². The Morgan fingerprint density at radius 2 is 1.75 bits per heavy atom. The number of hydrogen-bond donors (Lipinski definition) is 2. The average molecular weight is 459 g/mol. The van der Waals surface area contributed by atoms with Crippen LogP contribution in [0.5, 0.6) is 0 Å². The van der Waals surface area contributed by atoms with Gasteiger partial charge in [-0.2, -0.15) is 5.10 Å². The molecule has 168 valence electrons. The Bertz CT molecular complexity index is 1130. The van der Waals surface area contributed by atoms with Gasteiger partial charge in [-0.3, -0.25) is 9.59 Å². The number of nitrogens with zero attached hydrogens (tertiary/aromatic N) is 2. The van der Waals surface area contributed by atoms with Gasteiger partial charge >= 0.3 is 0 Å². The van der Waals surface area contributed by atoms with Crippen LogP contribution in [0, 0.1) is 5.82 Å². The molecular formula is C22H23FN4O4S. The smallest absolute Gasteiger partial charge is 0.271 e. The zero-order valence-electron chi connectivity index (χ0n) is 17.3. The standard InChI is InChI=1S/C22H23FN4O4S/c1-2-13-24-32(30,31)15-17-5-9-19(10-6-17)25-22(29)20-11-12-21(28)27(26-20)14-16-3-7-18(23)8-4-16/h2-10,24H,1,11-15H2,(H,25,29). The van der Waals surface area contributed by atoms with Gasteiger partial charge in [-0.05, 0) is 35.4 Å². The van der Waals surface area contributed by atoms with Crippen LogP contribution in [0.1, 0.15) is 24.0 Å². The molecule has 3 rings (SSSR count). The van der Waals surface area contributed by atoms with Crippen molar-refractivity contribution in [3.05, 3.63) is 78.1 Å². The first-order valence-corrected chi connectivity index (χ1v) is 11.5. The summed E-state index contributed by atoms with van der Waals surface area (Å²) in [4.78, 5) is 24.8. The molecule has 0 unspecified atom stereocenters. The van der Waals surface area contributed by atoms with Crippen LogP contribution in [0.3, 0.4) is 0 Å². The molecule has 0 radical (unpaired) electrons. The Hall–Kier alpha value is -3.37. The maximum atomic E-state index is 13.1. The SMILES string of the molecule is C=CCNS(=O)(=O)Cc1ccc(NC(=O)C2=NN(Cc3ccc(F)cc3)C(=O)CC2)cc1. The van der Waals surface area contributed by atoms with Crippen LogP contribution in [0.25, 0.3) is 0 Å². The Morgan fingerprint density at radius 1 is 1.09 bits per heavy atom. The fraction of sp³-hybridized carbons (Fsp3) is 0.227. The third-order valence-corrected chi connectivity index (χ3v) is 5.95. The van der Waals surface area contributed by atoms with Crippen molar-refractivity contribution in [3.63, 3.8) is 0 Å². The molecule has 1 aliphatic rings. The minimum Gasteiger partial charge on any atom is -0.321 e. The summed E-state index contributed by atoms with van der Waals surface area (Å²) in [7, 11) is -3.48. The van der Waals surface area contributed by atoms with Gasteiger partial charge in [0.2, 0.25) is 15.9 Å². The number of sulfonamides is 1. The number of nitrogens with one attached hydrogen (secondary N) is 2. The van der Waals surface area contributed by atoms with Crippen molar-refractivity contribution in [1.82, 2.24) is 9.73 Å². The van der Waals surface area contributed by atoms with Gasteiger partial charge in [-0.25, -0.2) is 22.5 Å². The van der Waals surface area contributed by atoms with E-state index in [4.69, 9.17) is 0 Å². The average Bonchev–Trinajstić information content (AvgIpc) is 2.76. The second-order valence-electron chi connectivity index (χ2n) is 7.17. The van der Waals surface area contributed by atoms with Crippen molar-refractivity contribution in [3.8, 4) is 0 Å². The van der Waals surface area contributed by atoms with Crippen LogP contribution in [0.15, 0.2) is 66.3 Å². The molecule has 0 saturated heterocycles. The van der Waals surface area contributed by atoms with Crippen molar-refractivity contribution >= 4 is 33.2 Å². The number of amides is 2. The van der Waals surface area contributed by atoms with E-state index in [9.17, 15) is 22.4 Å².